The number of ketones is 1. The molecule has 24 heavy (non-hydrogen) atoms. The van der Waals surface area contributed by atoms with Crippen LogP contribution in [0.1, 0.15) is 56.0 Å². The number of nitrogens with zero attached hydrogens (tertiary/aromatic N) is 1. The Balaban J connectivity index is 1.53. The Bertz CT molecular complexity index is 612. The van der Waals surface area contributed by atoms with E-state index in [1.807, 2.05) is 12.1 Å². The minimum absolute atomic E-state index is 0.0404. The molecule has 1 N–H and O–H groups in total. The number of carbonyl (C=O) groups excluding carboxylic acids is 2. The topological polar surface area (TPSA) is 49.4 Å². The second-order valence-corrected chi connectivity index (χ2v) is 8.32. The van der Waals surface area contributed by atoms with Gasteiger partial charge < -0.3 is 10.2 Å². The summed E-state index contributed by atoms with van der Waals surface area (Å²) in [5.74, 6) is -0.0460. The predicted molar refractivity (Wildman–Crippen MR) is 95.2 cm³/mol. The highest BCUT2D eigenvalue weighted by Crippen LogP contribution is 2.30. The zero-order chi connectivity index (χ0) is 17.3. The Labute approximate surface area is 144 Å². The largest absolute Gasteiger partial charge is 0.345 e. The third-order valence-corrected chi connectivity index (χ3v) is 5.04. The Kier molecular flexibility index (Phi) is 4.77. The van der Waals surface area contributed by atoms with Gasteiger partial charge in [-0.3, -0.25) is 9.59 Å². The molecule has 0 aromatic heterocycles. The van der Waals surface area contributed by atoms with E-state index in [1.54, 1.807) is 12.1 Å². The van der Waals surface area contributed by atoms with Crippen LogP contribution in [0.25, 0.3) is 0 Å². The highest BCUT2D eigenvalue weighted by atomic mass is 16.2. The molecule has 1 saturated heterocycles. The van der Waals surface area contributed by atoms with Crippen molar-refractivity contribution in [2.45, 2.75) is 51.5 Å². The minimum atomic E-state index is -0.475. The Morgan fingerprint density at radius 2 is 1.79 bits per heavy atom. The molecule has 1 aliphatic carbocycles. The normalized spacial score (nSPS) is 21.7. The second-order valence-electron chi connectivity index (χ2n) is 8.32. The molecule has 4 nitrogen and oxygen atoms in total. The van der Waals surface area contributed by atoms with E-state index in [2.05, 4.69) is 31.0 Å². The average molecular weight is 328 g/mol. The van der Waals surface area contributed by atoms with Gasteiger partial charge in [-0.15, -0.1) is 0 Å². The highest BCUT2D eigenvalue weighted by Gasteiger charge is 2.30. The van der Waals surface area contributed by atoms with E-state index < -0.39 is 11.7 Å². The first-order valence-electron chi connectivity index (χ1n) is 9.01. The Morgan fingerprint density at radius 3 is 2.38 bits per heavy atom. The van der Waals surface area contributed by atoms with Crippen LogP contribution in [-0.2, 0) is 10.2 Å². The van der Waals surface area contributed by atoms with Crippen molar-refractivity contribution < 1.29 is 9.59 Å². The maximum atomic E-state index is 12.3. The summed E-state index contributed by atoms with van der Waals surface area (Å²) in [7, 11) is 0. The first-order valence-corrected chi connectivity index (χ1v) is 9.01. The van der Waals surface area contributed by atoms with Gasteiger partial charge in [0.25, 0.3) is 5.91 Å². The number of amides is 1. The summed E-state index contributed by atoms with van der Waals surface area (Å²) >= 11 is 0. The SMILES string of the molecule is CC(C)(C)c1ccc(C(=O)C(=O)NC2CCN(CC3CC3)C2)cc1. The summed E-state index contributed by atoms with van der Waals surface area (Å²) in [6.07, 6.45) is 3.63. The number of hydrogen-bond acceptors (Lipinski definition) is 3. The molecule has 0 bridgehead atoms. The van der Waals surface area contributed by atoms with Gasteiger partial charge in [-0.1, -0.05) is 45.0 Å². The number of hydrogen-bond donors (Lipinski definition) is 1. The molecule has 4 heteroatoms. The van der Waals surface area contributed by atoms with E-state index in [-0.39, 0.29) is 11.5 Å². The van der Waals surface area contributed by atoms with Crippen LogP contribution >= 0.6 is 0 Å². The molecule has 2 fully saturated rings. The van der Waals surface area contributed by atoms with Gasteiger partial charge in [-0.2, -0.15) is 0 Å². The van der Waals surface area contributed by atoms with Gasteiger partial charge in [0.15, 0.2) is 0 Å². The fourth-order valence-corrected chi connectivity index (χ4v) is 3.29. The van der Waals surface area contributed by atoms with Crippen LogP contribution in [0.2, 0.25) is 0 Å². The number of benzene rings is 1. The van der Waals surface area contributed by atoms with Crippen molar-refractivity contribution in [3.8, 4) is 0 Å². The molecule has 1 unspecified atom stereocenters. The summed E-state index contributed by atoms with van der Waals surface area (Å²) in [5.41, 5.74) is 1.66. The maximum Gasteiger partial charge on any atom is 0.292 e. The van der Waals surface area contributed by atoms with Crippen LogP contribution in [0.4, 0.5) is 0 Å². The number of rotatable bonds is 5. The van der Waals surface area contributed by atoms with Gasteiger partial charge in [0.2, 0.25) is 5.78 Å². The van der Waals surface area contributed by atoms with Crippen LogP contribution in [-0.4, -0.2) is 42.3 Å². The van der Waals surface area contributed by atoms with Gasteiger partial charge in [-0.25, -0.2) is 0 Å². The highest BCUT2D eigenvalue weighted by molar-refractivity contribution is 6.42. The van der Waals surface area contributed by atoms with Crippen molar-refractivity contribution in [3.05, 3.63) is 35.4 Å². The molecule has 1 aromatic rings. The summed E-state index contributed by atoms with van der Waals surface area (Å²) in [5, 5.41) is 2.92. The molecule has 2 aliphatic rings. The fraction of sp³-hybridized carbons (Fsp3) is 0.600. The molecule has 1 saturated carbocycles. The van der Waals surface area contributed by atoms with Gasteiger partial charge in [-0.05, 0) is 36.2 Å². The summed E-state index contributed by atoms with van der Waals surface area (Å²) in [6.45, 7) is 9.43. The lowest BCUT2D eigenvalue weighted by Gasteiger charge is -2.19. The molecule has 1 atom stereocenters. The van der Waals surface area contributed by atoms with Gasteiger partial charge in [0, 0.05) is 31.2 Å². The fourth-order valence-electron chi connectivity index (χ4n) is 3.29. The summed E-state index contributed by atoms with van der Waals surface area (Å²) in [6, 6.07) is 7.50. The second kappa shape index (κ2) is 6.67. The van der Waals surface area contributed by atoms with E-state index in [0.717, 1.165) is 37.5 Å². The first-order chi connectivity index (χ1) is 11.3. The summed E-state index contributed by atoms with van der Waals surface area (Å²) in [4.78, 5) is 27.0. The third-order valence-electron chi connectivity index (χ3n) is 5.04. The van der Waals surface area contributed by atoms with Crippen LogP contribution < -0.4 is 5.32 Å². The van der Waals surface area contributed by atoms with Crippen molar-refractivity contribution in [2.24, 2.45) is 5.92 Å². The smallest absolute Gasteiger partial charge is 0.292 e. The zero-order valence-corrected chi connectivity index (χ0v) is 15.0. The van der Waals surface area contributed by atoms with Crippen LogP contribution in [0.5, 0.6) is 0 Å². The molecule has 0 radical (unpaired) electrons. The van der Waals surface area contributed by atoms with Gasteiger partial charge in [0.1, 0.15) is 0 Å². The lowest BCUT2D eigenvalue weighted by molar-refractivity contribution is -0.117. The van der Waals surface area contributed by atoms with E-state index in [0.29, 0.717) is 5.56 Å². The Hall–Kier alpha value is -1.68. The third kappa shape index (κ3) is 4.23. The lowest BCUT2D eigenvalue weighted by atomic mass is 9.86. The van der Waals surface area contributed by atoms with Gasteiger partial charge in [0.05, 0.1) is 0 Å². The number of carbonyl (C=O) groups is 2. The Morgan fingerprint density at radius 1 is 1.12 bits per heavy atom. The monoisotopic (exact) mass is 328 g/mol. The number of likely N-dealkylation sites (tertiary alicyclic amines) is 1. The molecule has 130 valence electrons. The number of Topliss-reactive ketones (excluding diaryl/α,β-unsaturated/α-hetero) is 1. The van der Waals surface area contributed by atoms with Crippen LogP contribution in [0.3, 0.4) is 0 Å². The van der Waals surface area contributed by atoms with Crippen molar-refractivity contribution >= 4 is 11.7 Å². The molecule has 3 rings (SSSR count). The first kappa shape index (κ1) is 17.2. The summed E-state index contributed by atoms with van der Waals surface area (Å²) < 4.78 is 0. The van der Waals surface area contributed by atoms with E-state index in [9.17, 15) is 9.59 Å². The van der Waals surface area contributed by atoms with Crippen molar-refractivity contribution in [3.63, 3.8) is 0 Å². The van der Waals surface area contributed by atoms with E-state index in [4.69, 9.17) is 0 Å². The average Bonchev–Trinajstić information content (AvgIpc) is 3.24. The molecule has 1 aromatic carbocycles. The molecular weight excluding hydrogens is 300 g/mol. The van der Waals surface area contributed by atoms with Crippen LogP contribution in [0, 0.1) is 5.92 Å². The van der Waals surface area contributed by atoms with Crippen LogP contribution in [0.15, 0.2) is 24.3 Å². The standard InChI is InChI=1S/C20H28N2O2/c1-20(2,3)16-8-6-15(7-9-16)18(23)19(24)21-17-10-11-22(13-17)12-14-4-5-14/h6-9,14,17H,4-5,10-13H2,1-3H3,(H,21,24). The van der Waals surface area contributed by atoms with Crippen molar-refractivity contribution in [2.75, 3.05) is 19.6 Å². The zero-order valence-electron chi connectivity index (χ0n) is 15.0. The maximum absolute atomic E-state index is 12.3. The molecule has 1 heterocycles. The number of nitrogens with one attached hydrogen (secondary N) is 1. The quantitative estimate of drug-likeness (QED) is 0.668. The molecule has 0 spiro atoms. The lowest BCUT2D eigenvalue weighted by Crippen LogP contribution is -2.41. The van der Waals surface area contributed by atoms with E-state index in [1.165, 1.54) is 12.8 Å². The molecule has 1 aliphatic heterocycles. The van der Waals surface area contributed by atoms with Crippen molar-refractivity contribution in [1.82, 2.24) is 10.2 Å². The van der Waals surface area contributed by atoms with Gasteiger partial charge >= 0.3 is 0 Å². The predicted octanol–water partition coefficient (Wildman–Crippen LogP) is 2.77. The van der Waals surface area contributed by atoms with E-state index >= 15 is 0 Å². The minimum Gasteiger partial charge on any atom is -0.345 e. The molecular formula is C20H28N2O2. The van der Waals surface area contributed by atoms with Crippen molar-refractivity contribution in [1.29, 1.82) is 0 Å². The molecule has 1 amide bonds.